The molecule has 190 valence electrons. The van der Waals surface area contributed by atoms with Crippen molar-refractivity contribution in [3.8, 4) is 5.75 Å². The van der Waals surface area contributed by atoms with E-state index in [2.05, 4.69) is 44.1 Å². The molecule has 0 spiro atoms. The molecule has 0 heterocycles. The second-order valence-corrected chi connectivity index (χ2v) is 10.7. The highest BCUT2D eigenvalue weighted by Crippen LogP contribution is 2.26. The first kappa shape index (κ1) is 27.9. The molecule has 36 heavy (non-hydrogen) atoms. The molecule has 0 radical (unpaired) electrons. The van der Waals surface area contributed by atoms with Gasteiger partial charge in [-0.15, -0.1) is 0 Å². The van der Waals surface area contributed by atoms with Gasteiger partial charge >= 0.3 is 0 Å². The summed E-state index contributed by atoms with van der Waals surface area (Å²) in [5.41, 5.74) is 3.07. The quantitative estimate of drug-likeness (QED) is 0.275. The van der Waals surface area contributed by atoms with E-state index in [1.165, 1.54) is 5.56 Å². The number of carbonyl (C=O) groups is 2. The molecule has 0 bridgehead atoms. The van der Waals surface area contributed by atoms with Crippen LogP contribution in [0.4, 0.5) is 0 Å². The number of carbonyl (C=O) groups excluding carboxylic acids is 2. The molecular formula is C29H32Br2N2O3. The molecule has 7 heteroatoms. The van der Waals surface area contributed by atoms with E-state index in [-0.39, 0.29) is 31.0 Å². The third kappa shape index (κ3) is 8.20. The van der Waals surface area contributed by atoms with Gasteiger partial charge in [0.2, 0.25) is 5.91 Å². The van der Waals surface area contributed by atoms with Crippen LogP contribution in [0.1, 0.15) is 37.5 Å². The van der Waals surface area contributed by atoms with Crippen LogP contribution in [0.2, 0.25) is 0 Å². The highest BCUT2D eigenvalue weighted by Gasteiger charge is 2.31. The lowest BCUT2D eigenvalue weighted by atomic mass is 10.0. The molecular weight excluding hydrogens is 584 g/mol. The van der Waals surface area contributed by atoms with Gasteiger partial charge in [0.25, 0.3) is 5.91 Å². The zero-order valence-electron chi connectivity index (χ0n) is 20.8. The van der Waals surface area contributed by atoms with Crippen molar-refractivity contribution in [3.63, 3.8) is 0 Å². The van der Waals surface area contributed by atoms with Crippen molar-refractivity contribution in [2.45, 2.75) is 52.2 Å². The first-order valence-corrected chi connectivity index (χ1v) is 13.6. The van der Waals surface area contributed by atoms with Crippen LogP contribution in [0.5, 0.6) is 5.75 Å². The van der Waals surface area contributed by atoms with E-state index in [1.807, 2.05) is 86.6 Å². The minimum absolute atomic E-state index is 0.0529. The summed E-state index contributed by atoms with van der Waals surface area (Å²) in [6.45, 7) is 6.01. The van der Waals surface area contributed by atoms with Crippen LogP contribution < -0.4 is 10.1 Å². The molecule has 5 nitrogen and oxygen atoms in total. The van der Waals surface area contributed by atoms with Crippen LogP contribution >= 0.6 is 31.9 Å². The van der Waals surface area contributed by atoms with Crippen molar-refractivity contribution < 1.29 is 14.3 Å². The van der Waals surface area contributed by atoms with Crippen molar-refractivity contribution in [2.24, 2.45) is 0 Å². The van der Waals surface area contributed by atoms with Crippen LogP contribution in [0.3, 0.4) is 0 Å². The number of nitrogens with one attached hydrogen (secondary N) is 1. The first-order chi connectivity index (χ1) is 17.3. The van der Waals surface area contributed by atoms with Gasteiger partial charge in [-0.3, -0.25) is 9.59 Å². The third-order valence-electron chi connectivity index (χ3n) is 5.70. The minimum atomic E-state index is -0.698. The molecule has 0 unspecified atom stereocenters. The van der Waals surface area contributed by atoms with Crippen molar-refractivity contribution in [1.29, 1.82) is 0 Å². The summed E-state index contributed by atoms with van der Waals surface area (Å²) in [5, 5.41) is 3.00. The molecule has 1 N–H and O–H groups in total. The number of benzene rings is 3. The first-order valence-electron chi connectivity index (χ1n) is 12.1. The highest BCUT2D eigenvalue weighted by molar-refractivity contribution is 9.10. The van der Waals surface area contributed by atoms with Crippen molar-refractivity contribution in [3.05, 3.63) is 98.4 Å². The number of hydrogen-bond acceptors (Lipinski definition) is 3. The molecule has 0 aliphatic carbocycles. The van der Waals surface area contributed by atoms with E-state index < -0.39 is 6.04 Å². The van der Waals surface area contributed by atoms with Crippen LogP contribution in [-0.2, 0) is 29.0 Å². The van der Waals surface area contributed by atoms with Gasteiger partial charge in [-0.2, -0.15) is 0 Å². The summed E-state index contributed by atoms with van der Waals surface area (Å²) in [4.78, 5) is 28.7. The van der Waals surface area contributed by atoms with Crippen molar-refractivity contribution >= 4 is 43.7 Å². The standard InChI is InChI=1S/C29H32Br2N2O3/c1-4-21-13-14-27(25(31)16-21)36-19-28(34)33(18-23-11-8-12-24(30)15-23)26(29(35)32-20(2)3)17-22-9-6-5-7-10-22/h5-16,20,26H,4,17-19H2,1-3H3,(H,32,35)/t26-/m0/s1. The average molecular weight is 616 g/mol. The van der Waals surface area contributed by atoms with Gasteiger partial charge in [-0.1, -0.05) is 71.4 Å². The van der Waals surface area contributed by atoms with Gasteiger partial charge in [0.05, 0.1) is 4.47 Å². The zero-order valence-corrected chi connectivity index (χ0v) is 24.0. The predicted octanol–water partition coefficient (Wildman–Crippen LogP) is 6.32. The maximum absolute atomic E-state index is 13.7. The maximum Gasteiger partial charge on any atom is 0.261 e. The summed E-state index contributed by atoms with van der Waals surface area (Å²) >= 11 is 7.05. The second-order valence-electron chi connectivity index (χ2n) is 8.93. The van der Waals surface area contributed by atoms with E-state index in [0.29, 0.717) is 12.2 Å². The predicted molar refractivity (Wildman–Crippen MR) is 151 cm³/mol. The Bertz CT molecular complexity index is 1170. The van der Waals surface area contributed by atoms with Gasteiger partial charge in [-0.25, -0.2) is 0 Å². The Kier molecular flexibility index (Phi) is 10.6. The van der Waals surface area contributed by atoms with Crippen molar-refractivity contribution in [2.75, 3.05) is 6.61 Å². The van der Waals surface area contributed by atoms with Gasteiger partial charge in [0, 0.05) is 23.5 Å². The number of aryl methyl sites for hydroxylation is 1. The van der Waals surface area contributed by atoms with Crippen LogP contribution in [0, 0.1) is 0 Å². The molecule has 0 saturated heterocycles. The molecule has 3 aromatic carbocycles. The Morgan fingerprint density at radius 1 is 0.917 bits per heavy atom. The van der Waals surface area contributed by atoms with Crippen LogP contribution in [0.15, 0.2) is 81.7 Å². The fraction of sp³-hybridized carbons (Fsp3) is 0.310. The summed E-state index contributed by atoms with van der Waals surface area (Å²) < 4.78 is 7.63. The van der Waals surface area contributed by atoms with E-state index in [4.69, 9.17) is 4.74 Å². The summed E-state index contributed by atoms with van der Waals surface area (Å²) in [7, 11) is 0. The van der Waals surface area contributed by atoms with Crippen LogP contribution in [0.25, 0.3) is 0 Å². The maximum atomic E-state index is 13.7. The van der Waals surface area contributed by atoms with Crippen LogP contribution in [-0.4, -0.2) is 35.4 Å². The summed E-state index contributed by atoms with van der Waals surface area (Å²) in [5.74, 6) is 0.140. The molecule has 0 fully saturated rings. The fourth-order valence-electron chi connectivity index (χ4n) is 3.87. The van der Waals surface area contributed by atoms with E-state index in [9.17, 15) is 9.59 Å². The number of nitrogens with zero attached hydrogens (tertiary/aromatic N) is 1. The topological polar surface area (TPSA) is 58.6 Å². The third-order valence-corrected chi connectivity index (χ3v) is 6.81. The molecule has 0 saturated carbocycles. The Morgan fingerprint density at radius 3 is 2.28 bits per heavy atom. The number of hydrogen-bond donors (Lipinski definition) is 1. The number of ether oxygens (including phenoxy) is 1. The number of amides is 2. The number of rotatable bonds is 11. The van der Waals surface area contributed by atoms with Crippen molar-refractivity contribution in [1.82, 2.24) is 10.2 Å². The Hall–Kier alpha value is -2.64. The molecule has 0 aliphatic rings. The molecule has 3 rings (SSSR count). The fourth-order valence-corrected chi connectivity index (χ4v) is 4.86. The smallest absolute Gasteiger partial charge is 0.261 e. The molecule has 3 aromatic rings. The van der Waals surface area contributed by atoms with Gasteiger partial charge < -0.3 is 15.0 Å². The molecule has 2 amide bonds. The van der Waals surface area contributed by atoms with E-state index in [1.54, 1.807) is 4.90 Å². The molecule has 0 aromatic heterocycles. The SMILES string of the molecule is CCc1ccc(OCC(=O)N(Cc2cccc(Br)c2)[C@@H](Cc2ccccc2)C(=O)NC(C)C)c(Br)c1. The lowest BCUT2D eigenvalue weighted by Crippen LogP contribution is -2.52. The lowest BCUT2D eigenvalue weighted by Gasteiger charge is -2.32. The average Bonchev–Trinajstić information content (AvgIpc) is 2.85. The van der Waals surface area contributed by atoms with Gasteiger partial charge in [-0.05, 0) is 77.2 Å². The van der Waals surface area contributed by atoms with Gasteiger partial charge in [0.1, 0.15) is 11.8 Å². The monoisotopic (exact) mass is 614 g/mol. The normalized spacial score (nSPS) is 11.7. The lowest BCUT2D eigenvalue weighted by molar-refractivity contribution is -0.143. The minimum Gasteiger partial charge on any atom is -0.483 e. The van der Waals surface area contributed by atoms with E-state index in [0.717, 1.165) is 26.5 Å². The Balaban J connectivity index is 1.91. The Morgan fingerprint density at radius 2 is 1.64 bits per heavy atom. The number of halogens is 2. The highest BCUT2D eigenvalue weighted by atomic mass is 79.9. The van der Waals surface area contributed by atoms with E-state index >= 15 is 0 Å². The zero-order chi connectivity index (χ0) is 26.1. The largest absolute Gasteiger partial charge is 0.483 e. The molecule has 0 aliphatic heterocycles. The molecule has 1 atom stereocenters. The second kappa shape index (κ2) is 13.6. The van der Waals surface area contributed by atoms with Gasteiger partial charge in [0.15, 0.2) is 6.61 Å². The summed E-state index contributed by atoms with van der Waals surface area (Å²) in [6, 6.07) is 22.6. The Labute approximate surface area is 230 Å². The summed E-state index contributed by atoms with van der Waals surface area (Å²) in [6.07, 6.45) is 1.30.